The molecule has 0 saturated carbocycles. The summed E-state index contributed by atoms with van der Waals surface area (Å²) < 4.78 is 31.7. The first-order chi connectivity index (χ1) is 10.4. The molecule has 0 aliphatic heterocycles. The van der Waals surface area contributed by atoms with Crippen molar-refractivity contribution in [1.29, 1.82) is 0 Å². The minimum atomic E-state index is -3.44. The molecule has 0 N–H and O–H groups in total. The van der Waals surface area contributed by atoms with Crippen LogP contribution >= 0.6 is 0 Å². The van der Waals surface area contributed by atoms with Crippen LogP contribution in [0.4, 0.5) is 0 Å². The summed E-state index contributed by atoms with van der Waals surface area (Å²) in [6.45, 7) is 4.14. The molecule has 0 aliphatic rings. The molecule has 0 fully saturated rings. The number of ether oxygens (including phenoxy) is 1. The number of nitrogens with zero attached hydrogens (tertiary/aromatic N) is 1. The topological polar surface area (TPSA) is 46.6 Å². The predicted octanol–water partition coefficient (Wildman–Crippen LogP) is 3.29. The van der Waals surface area contributed by atoms with Crippen molar-refractivity contribution in [2.45, 2.75) is 31.4 Å². The normalized spacial score (nSPS) is 11.9. The molecule has 2 rings (SSSR count). The molecule has 2 aromatic rings. The van der Waals surface area contributed by atoms with Crippen molar-refractivity contribution in [3.63, 3.8) is 0 Å². The zero-order valence-corrected chi connectivity index (χ0v) is 13.9. The maximum Gasteiger partial charge on any atom is 0.243 e. The molecule has 0 spiro atoms. The van der Waals surface area contributed by atoms with E-state index in [4.69, 9.17) is 4.74 Å². The van der Waals surface area contributed by atoms with E-state index in [0.717, 1.165) is 5.56 Å². The van der Waals surface area contributed by atoms with Gasteiger partial charge in [0.25, 0.3) is 0 Å². The van der Waals surface area contributed by atoms with Crippen LogP contribution in [0.5, 0.6) is 5.75 Å². The van der Waals surface area contributed by atoms with Crippen LogP contribution in [0.3, 0.4) is 0 Å². The Morgan fingerprint density at radius 1 is 1.00 bits per heavy atom. The molecule has 0 aliphatic carbocycles. The standard InChI is InChI=1S/C17H21NO3S/c1-14(2)18(3)22(19,20)17-11-9-16(10-12-17)21-13-15-7-5-4-6-8-15/h4-12,14H,13H2,1-3H3. The highest BCUT2D eigenvalue weighted by molar-refractivity contribution is 7.89. The Labute approximate surface area is 132 Å². The van der Waals surface area contributed by atoms with Crippen LogP contribution in [0.2, 0.25) is 0 Å². The lowest BCUT2D eigenvalue weighted by Gasteiger charge is -2.21. The van der Waals surface area contributed by atoms with Gasteiger partial charge in [-0.05, 0) is 43.7 Å². The van der Waals surface area contributed by atoms with Gasteiger partial charge in [0.05, 0.1) is 4.90 Å². The Bertz CT molecular complexity index is 694. The maximum atomic E-state index is 12.3. The monoisotopic (exact) mass is 319 g/mol. The minimum absolute atomic E-state index is 0.0843. The van der Waals surface area contributed by atoms with E-state index in [9.17, 15) is 8.42 Å². The lowest BCUT2D eigenvalue weighted by Crippen LogP contribution is -2.32. The SMILES string of the molecule is CC(C)N(C)S(=O)(=O)c1ccc(OCc2ccccc2)cc1. The first kappa shape index (κ1) is 16.5. The molecule has 0 amide bonds. The summed E-state index contributed by atoms with van der Waals surface area (Å²) in [6.07, 6.45) is 0. The van der Waals surface area contributed by atoms with E-state index in [1.807, 2.05) is 44.2 Å². The lowest BCUT2D eigenvalue weighted by molar-refractivity contribution is 0.306. The number of benzene rings is 2. The van der Waals surface area contributed by atoms with Crippen LogP contribution < -0.4 is 4.74 Å². The fraction of sp³-hybridized carbons (Fsp3) is 0.294. The van der Waals surface area contributed by atoms with Crippen molar-refractivity contribution in [3.05, 3.63) is 60.2 Å². The molecule has 0 radical (unpaired) electrons. The fourth-order valence-electron chi connectivity index (χ4n) is 1.89. The smallest absolute Gasteiger partial charge is 0.243 e. The van der Waals surface area contributed by atoms with Crippen molar-refractivity contribution in [3.8, 4) is 5.75 Å². The Morgan fingerprint density at radius 2 is 1.59 bits per heavy atom. The van der Waals surface area contributed by atoms with Gasteiger partial charge in [0.15, 0.2) is 0 Å². The molecular formula is C17H21NO3S. The van der Waals surface area contributed by atoms with Crippen LogP contribution in [-0.4, -0.2) is 25.8 Å². The van der Waals surface area contributed by atoms with Gasteiger partial charge in [0.1, 0.15) is 12.4 Å². The predicted molar refractivity (Wildman–Crippen MR) is 87.3 cm³/mol. The van der Waals surface area contributed by atoms with Crippen LogP contribution in [0.25, 0.3) is 0 Å². The van der Waals surface area contributed by atoms with Crippen molar-refractivity contribution in [2.24, 2.45) is 0 Å². The van der Waals surface area contributed by atoms with Gasteiger partial charge < -0.3 is 4.74 Å². The quantitative estimate of drug-likeness (QED) is 0.821. The maximum absolute atomic E-state index is 12.3. The summed E-state index contributed by atoms with van der Waals surface area (Å²) in [5.74, 6) is 0.648. The van der Waals surface area contributed by atoms with Gasteiger partial charge in [-0.3, -0.25) is 0 Å². The Hall–Kier alpha value is -1.85. The highest BCUT2D eigenvalue weighted by Crippen LogP contribution is 2.20. The molecule has 118 valence electrons. The van der Waals surface area contributed by atoms with E-state index in [2.05, 4.69) is 0 Å². The molecule has 22 heavy (non-hydrogen) atoms. The van der Waals surface area contributed by atoms with Gasteiger partial charge in [0, 0.05) is 13.1 Å². The van der Waals surface area contributed by atoms with E-state index in [-0.39, 0.29) is 10.9 Å². The van der Waals surface area contributed by atoms with Crippen LogP contribution in [-0.2, 0) is 16.6 Å². The molecule has 0 atom stereocenters. The van der Waals surface area contributed by atoms with Crippen molar-refractivity contribution < 1.29 is 13.2 Å². The van der Waals surface area contributed by atoms with E-state index in [0.29, 0.717) is 12.4 Å². The fourth-order valence-corrected chi connectivity index (χ4v) is 3.26. The van der Waals surface area contributed by atoms with Gasteiger partial charge in [-0.1, -0.05) is 30.3 Å². The summed E-state index contributed by atoms with van der Waals surface area (Å²) in [4.78, 5) is 0.274. The average molecular weight is 319 g/mol. The molecule has 0 heterocycles. The van der Waals surface area contributed by atoms with E-state index in [1.165, 1.54) is 4.31 Å². The third-order valence-corrected chi connectivity index (χ3v) is 5.52. The molecule has 0 saturated heterocycles. The van der Waals surface area contributed by atoms with Crippen LogP contribution in [0, 0.1) is 0 Å². The lowest BCUT2D eigenvalue weighted by atomic mass is 10.2. The number of rotatable bonds is 6. The second kappa shape index (κ2) is 6.94. The highest BCUT2D eigenvalue weighted by atomic mass is 32.2. The summed E-state index contributed by atoms with van der Waals surface area (Å²) in [7, 11) is -1.86. The van der Waals surface area contributed by atoms with Gasteiger partial charge in [-0.15, -0.1) is 0 Å². The summed E-state index contributed by atoms with van der Waals surface area (Å²) in [6, 6.07) is 16.3. The van der Waals surface area contributed by atoms with Crippen molar-refractivity contribution in [2.75, 3.05) is 7.05 Å². The summed E-state index contributed by atoms with van der Waals surface area (Å²) in [5, 5.41) is 0. The molecular weight excluding hydrogens is 298 g/mol. The second-order valence-electron chi connectivity index (χ2n) is 5.36. The highest BCUT2D eigenvalue weighted by Gasteiger charge is 2.22. The first-order valence-electron chi connectivity index (χ1n) is 7.16. The van der Waals surface area contributed by atoms with Gasteiger partial charge in [-0.25, -0.2) is 8.42 Å². The van der Waals surface area contributed by atoms with Gasteiger partial charge in [-0.2, -0.15) is 4.31 Å². The third-order valence-electron chi connectivity index (χ3n) is 3.48. The first-order valence-corrected chi connectivity index (χ1v) is 8.60. The van der Waals surface area contributed by atoms with Gasteiger partial charge in [0.2, 0.25) is 10.0 Å². The van der Waals surface area contributed by atoms with Crippen LogP contribution in [0.15, 0.2) is 59.5 Å². The van der Waals surface area contributed by atoms with Crippen molar-refractivity contribution in [1.82, 2.24) is 4.31 Å². The molecule has 0 bridgehead atoms. The number of sulfonamides is 1. The van der Waals surface area contributed by atoms with Gasteiger partial charge >= 0.3 is 0 Å². The van der Waals surface area contributed by atoms with E-state index >= 15 is 0 Å². The zero-order valence-electron chi connectivity index (χ0n) is 13.1. The minimum Gasteiger partial charge on any atom is -0.489 e. The molecule has 5 heteroatoms. The van der Waals surface area contributed by atoms with Crippen LogP contribution in [0.1, 0.15) is 19.4 Å². The second-order valence-corrected chi connectivity index (χ2v) is 7.36. The summed E-state index contributed by atoms with van der Waals surface area (Å²) in [5.41, 5.74) is 1.07. The number of hydrogen-bond donors (Lipinski definition) is 0. The molecule has 0 aromatic heterocycles. The summed E-state index contributed by atoms with van der Waals surface area (Å²) >= 11 is 0. The molecule has 0 unspecified atom stereocenters. The number of hydrogen-bond acceptors (Lipinski definition) is 3. The molecule has 4 nitrogen and oxygen atoms in total. The largest absolute Gasteiger partial charge is 0.489 e. The average Bonchev–Trinajstić information content (AvgIpc) is 2.53. The molecule has 2 aromatic carbocycles. The van der Waals surface area contributed by atoms with E-state index < -0.39 is 10.0 Å². The Kier molecular flexibility index (Phi) is 5.21. The third kappa shape index (κ3) is 3.87. The Balaban J connectivity index is 2.07. The van der Waals surface area contributed by atoms with E-state index in [1.54, 1.807) is 31.3 Å². The Morgan fingerprint density at radius 3 is 2.14 bits per heavy atom. The van der Waals surface area contributed by atoms with Crippen molar-refractivity contribution >= 4 is 10.0 Å². The zero-order chi connectivity index (χ0) is 16.2.